The van der Waals surface area contributed by atoms with Gasteiger partial charge in [-0.05, 0) is 42.7 Å². The van der Waals surface area contributed by atoms with Crippen LogP contribution in [0, 0.1) is 0 Å². The van der Waals surface area contributed by atoms with Crippen molar-refractivity contribution in [1.82, 2.24) is 10.2 Å². The second-order valence-electron chi connectivity index (χ2n) is 7.19. The van der Waals surface area contributed by atoms with Crippen LogP contribution in [0.2, 0.25) is 0 Å². The van der Waals surface area contributed by atoms with Crippen LogP contribution >= 0.6 is 11.8 Å². The highest BCUT2D eigenvalue weighted by molar-refractivity contribution is 7.99. The predicted octanol–water partition coefficient (Wildman–Crippen LogP) is 5.57. The number of urea groups is 1. The summed E-state index contributed by atoms with van der Waals surface area (Å²) in [4.78, 5) is 14.8. The van der Waals surface area contributed by atoms with Crippen LogP contribution in [-0.4, -0.2) is 29.3 Å². The Labute approximate surface area is 165 Å². The molecule has 0 bridgehead atoms. The molecular weight excluding hydrogens is 356 g/mol. The summed E-state index contributed by atoms with van der Waals surface area (Å²) in [5, 5.41) is 3.31. The van der Waals surface area contributed by atoms with Gasteiger partial charge in [-0.2, -0.15) is 0 Å². The second kappa shape index (κ2) is 8.70. The fraction of sp³-hybridized carbons (Fsp3) is 0.409. The smallest absolute Gasteiger partial charge is 0.318 e. The molecule has 2 fully saturated rings. The zero-order valence-electron chi connectivity index (χ0n) is 15.5. The molecule has 1 aliphatic heterocycles. The van der Waals surface area contributed by atoms with Gasteiger partial charge in [-0.15, -0.1) is 11.8 Å². The Hall–Kier alpha value is -2.14. The Morgan fingerprint density at radius 1 is 1.00 bits per heavy atom. The standard InChI is InChI=1S/C22H26N2O2S/c25-22(23-18-9-3-1-4-10-18)24-14-15-27-21(24)17-8-7-13-20(16-17)26-19-11-5-2-6-12-19/h2,5-8,11-13,16,18,21H,1,3-4,9-10,14-15H2,(H,23,25)/t21-/m1/s1. The molecule has 142 valence electrons. The van der Waals surface area contributed by atoms with Crippen LogP contribution < -0.4 is 10.1 Å². The highest BCUT2D eigenvalue weighted by Crippen LogP contribution is 2.39. The van der Waals surface area contributed by atoms with Crippen LogP contribution in [0.15, 0.2) is 54.6 Å². The summed E-state index contributed by atoms with van der Waals surface area (Å²) in [6, 6.07) is 18.3. The molecule has 0 unspecified atom stereocenters. The lowest BCUT2D eigenvalue weighted by atomic mass is 9.96. The summed E-state index contributed by atoms with van der Waals surface area (Å²) < 4.78 is 5.97. The highest BCUT2D eigenvalue weighted by atomic mass is 32.2. The second-order valence-corrected chi connectivity index (χ2v) is 8.38. The van der Waals surface area contributed by atoms with E-state index in [1.165, 1.54) is 19.3 Å². The van der Waals surface area contributed by atoms with Crippen LogP contribution in [0.3, 0.4) is 0 Å². The predicted molar refractivity (Wildman–Crippen MR) is 110 cm³/mol. The van der Waals surface area contributed by atoms with Gasteiger partial charge in [0.2, 0.25) is 0 Å². The van der Waals surface area contributed by atoms with Crippen molar-refractivity contribution in [1.29, 1.82) is 0 Å². The zero-order valence-corrected chi connectivity index (χ0v) is 16.3. The van der Waals surface area contributed by atoms with Crippen LogP contribution in [0.25, 0.3) is 0 Å². The number of hydrogen-bond donors (Lipinski definition) is 1. The molecule has 1 heterocycles. The minimum Gasteiger partial charge on any atom is -0.457 e. The minimum atomic E-state index is 0.0490. The zero-order chi connectivity index (χ0) is 18.5. The van der Waals surface area contributed by atoms with E-state index in [1.807, 2.05) is 59.1 Å². The SMILES string of the molecule is O=C(NC1CCCCC1)N1CCS[C@@H]1c1cccc(Oc2ccccc2)c1. The molecule has 0 radical (unpaired) electrons. The van der Waals surface area contributed by atoms with E-state index in [9.17, 15) is 4.79 Å². The van der Waals surface area contributed by atoms with Crippen molar-refractivity contribution in [2.75, 3.05) is 12.3 Å². The molecule has 2 amide bonds. The summed E-state index contributed by atoms with van der Waals surface area (Å²) in [5.41, 5.74) is 1.12. The topological polar surface area (TPSA) is 41.6 Å². The summed E-state index contributed by atoms with van der Waals surface area (Å²) >= 11 is 1.82. The van der Waals surface area contributed by atoms with Crippen LogP contribution in [0.4, 0.5) is 4.79 Å². The average molecular weight is 383 g/mol. The number of carbonyl (C=O) groups excluding carboxylic acids is 1. The molecule has 1 N–H and O–H groups in total. The van der Waals surface area contributed by atoms with Gasteiger partial charge in [-0.1, -0.05) is 49.6 Å². The minimum absolute atomic E-state index is 0.0490. The Balaban J connectivity index is 1.45. The van der Waals surface area contributed by atoms with E-state index in [0.717, 1.165) is 42.2 Å². The Bertz CT molecular complexity index is 762. The van der Waals surface area contributed by atoms with E-state index in [1.54, 1.807) is 0 Å². The van der Waals surface area contributed by atoms with Gasteiger partial charge in [0, 0.05) is 18.3 Å². The molecular formula is C22H26N2O2S. The molecule has 27 heavy (non-hydrogen) atoms. The Morgan fingerprint density at radius 2 is 1.78 bits per heavy atom. The van der Waals surface area contributed by atoms with Crippen molar-refractivity contribution in [3.8, 4) is 11.5 Å². The number of para-hydroxylation sites is 1. The first kappa shape index (κ1) is 18.2. The quantitative estimate of drug-likeness (QED) is 0.752. The first-order valence-electron chi connectivity index (χ1n) is 9.81. The number of nitrogens with zero attached hydrogens (tertiary/aromatic N) is 1. The van der Waals surface area contributed by atoms with Crippen LogP contribution in [-0.2, 0) is 0 Å². The number of hydrogen-bond acceptors (Lipinski definition) is 3. The number of ether oxygens (including phenoxy) is 1. The molecule has 1 aliphatic carbocycles. The molecule has 0 spiro atoms. The molecule has 0 aromatic heterocycles. The normalized spacial score (nSPS) is 20.4. The van der Waals surface area contributed by atoms with E-state index in [-0.39, 0.29) is 11.4 Å². The van der Waals surface area contributed by atoms with Crippen LogP contribution in [0.1, 0.15) is 43.0 Å². The maximum atomic E-state index is 12.8. The number of amides is 2. The number of carbonyl (C=O) groups is 1. The molecule has 5 heteroatoms. The first-order chi connectivity index (χ1) is 13.3. The van der Waals surface area contributed by atoms with E-state index < -0.39 is 0 Å². The van der Waals surface area contributed by atoms with Crippen molar-refractivity contribution in [3.05, 3.63) is 60.2 Å². The van der Waals surface area contributed by atoms with E-state index in [2.05, 4.69) is 17.4 Å². The van der Waals surface area contributed by atoms with E-state index in [4.69, 9.17) is 4.74 Å². The summed E-state index contributed by atoms with van der Waals surface area (Å²) in [6.07, 6.45) is 5.96. The number of benzene rings is 2. The van der Waals surface area contributed by atoms with Crippen LogP contribution in [0.5, 0.6) is 11.5 Å². The molecule has 2 aliphatic rings. The van der Waals surface area contributed by atoms with Gasteiger partial charge in [0.15, 0.2) is 0 Å². The third-order valence-corrected chi connectivity index (χ3v) is 6.47. The maximum Gasteiger partial charge on any atom is 0.318 e. The first-order valence-corrected chi connectivity index (χ1v) is 10.9. The summed E-state index contributed by atoms with van der Waals surface area (Å²) in [5.74, 6) is 2.59. The van der Waals surface area contributed by atoms with Crippen molar-refractivity contribution < 1.29 is 9.53 Å². The summed E-state index contributed by atoms with van der Waals surface area (Å²) in [7, 11) is 0. The lowest BCUT2D eigenvalue weighted by Crippen LogP contribution is -2.45. The molecule has 1 saturated carbocycles. The molecule has 2 aromatic carbocycles. The van der Waals surface area contributed by atoms with Gasteiger partial charge in [0.1, 0.15) is 16.9 Å². The summed E-state index contributed by atoms with van der Waals surface area (Å²) in [6.45, 7) is 0.789. The number of rotatable bonds is 4. The average Bonchev–Trinajstić information content (AvgIpc) is 3.20. The lowest BCUT2D eigenvalue weighted by molar-refractivity contribution is 0.192. The van der Waals surface area contributed by atoms with Crippen molar-refractivity contribution in [2.45, 2.75) is 43.5 Å². The molecule has 1 atom stereocenters. The fourth-order valence-corrected chi connectivity index (χ4v) is 5.06. The van der Waals surface area contributed by atoms with Crippen molar-refractivity contribution in [3.63, 3.8) is 0 Å². The van der Waals surface area contributed by atoms with Gasteiger partial charge < -0.3 is 15.0 Å². The van der Waals surface area contributed by atoms with Gasteiger partial charge in [0.05, 0.1) is 0 Å². The maximum absolute atomic E-state index is 12.8. The fourth-order valence-electron chi connectivity index (χ4n) is 3.81. The molecule has 4 nitrogen and oxygen atoms in total. The largest absolute Gasteiger partial charge is 0.457 e. The molecule has 2 aromatic rings. The number of nitrogens with one attached hydrogen (secondary N) is 1. The Kier molecular flexibility index (Phi) is 5.87. The van der Waals surface area contributed by atoms with E-state index >= 15 is 0 Å². The van der Waals surface area contributed by atoms with Gasteiger partial charge in [0.25, 0.3) is 0 Å². The molecule has 4 rings (SSSR count). The third-order valence-electron chi connectivity index (χ3n) is 5.21. The highest BCUT2D eigenvalue weighted by Gasteiger charge is 2.32. The Morgan fingerprint density at radius 3 is 2.59 bits per heavy atom. The monoisotopic (exact) mass is 382 g/mol. The van der Waals surface area contributed by atoms with Gasteiger partial charge in [-0.25, -0.2) is 4.79 Å². The van der Waals surface area contributed by atoms with Gasteiger partial charge >= 0.3 is 6.03 Å². The molecule has 1 saturated heterocycles. The third kappa shape index (κ3) is 4.59. The van der Waals surface area contributed by atoms with Gasteiger partial charge in [-0.3, -0.25) is 0 Å². The van der Waals surface area contributed by atoms with Crippen molar-refractivity contribution in [2.24, 2.45) is 0 Å². The van der Waals surface area contributed by atoms with Crippen molar-refractivity contribution >= 4 is 17.8 Å². The van der Waals surface area contributed by atoms with E-state index in [0.29, 0.717) is 6.04 Å². The number of thioether (sulfide) groups is 1. The lowest BCUT2D eigenvalue weighted by Gasteiger charge is -2.29.